The molecule has 0 bridgehead atoms. The Hall–Kier alpha value is -7.51. The van der Waals surface area contributed by atoms with Crippen LogP contribution in [0, 0.1) is 0 Å². The number of carbonyl (C=O) groups is 2. The van der Waals surface area contributed by atoms with E-state index in [0.717, 1.165) is 75.2 Å². The fraction of sp³-hybridized carbons (Fsp3) is 0.175. The number of likely N-dealkylation sites (N-methyl/N-ethyl adjacent to an activating group) is 1. The standard InChI is InChI=1S/C57H53N5O2/c1-56(2)47-37-41(54(63)58-43-19-11-7-12-20-43)29-33-49(47)60(5)51(56)35-31-39-27-28-40(53(39)62(45-23-15-9-16-24-45)46-25-17-10-18-26-46)32-36-52-57(3,4)48-38-42(30-34-50(48)61(52)6)55(64)59-44-21-13-8-14-22-44/h7-26,29-38H,27-28H2,1-6H3,(H-,58,59,63,64)/p+1. The van der Waals surface area contributed by atoms with Crippen LogP contribution in [0.3, 0.4) is 0 Å². The highest BCUT2D eigenvalue weighted by molar-refractivity contribution is 6.07. The first-order valence-corrected chi connectivity index (χ1v) is 22.0. The third-order valence-corrected chi connectivity index (χ3v) is 13.1. The van der Waals surface area contributed by atoms with Gasteiger partial charge in [-0.15, -0.1) is 0 Å². The average molecular weight is 841 g/mol. The summed E-state index contributed by atoms with van der Waals surface area (Å²) >= 11 is 0. The number of amides is 2. The first kappa shape index (κ1) is 41.8. The molecule has 0 aromatic heterocycles. The van der Waals surface area contributed by atoms with Crippen molar-refractivity contribution in [1.82, 2.24) is 0 Å². The Morgan fingerprint density at radius 1 is 0.609 bits per heavy atom. The molecule has 0 saturated heterocycles. The fourth-order valence-electron chi connectivity index (χ4n) is 9.65. The predicted octanol–water partition coefficient (Wildman–Crippen LogP) is 12.9. The van der Waals surface area contributed by atoms with Gasteiger partial charge in [0.15, 0.2) is 5.71 Å². The van der Waals surface area contributed by atoms with E-state index in [9.17, 15) is 9.59 Å². The van der Waals surface area contributed by atoms with Crippen molar-refractivity contribution in [3.63, 3.8) is 0 Å². The van der Waals surface area contributed by atoms with Crippen molar-refractivity contribution >= 4 is 51.7 Å². The summed E-state index contributed by atoms with van der Waals surface area (Å²) < 4.78 is 2.26. The van der Waals surface area contributed by atoms with Crippen LogP contribution >= 0.6 is 0 Å². The van der Waals surface area contributed by atoms with Gasteiger partial charge in [0.1, 0.15) is 7.05 Å². The number of carbonyl (C=O) groups excluding carboxylic acids is 2. The van der Waals surface area contributed by atoms with Crippen LogP contribution in [0.25, 0.3) is 0 Å². The third kappa shape index (κ3) is 7.79. The van der Waals surface area contributed by atoms with Crippen molar-refractivity contribution in [2.24, 2.45) is 0 Å². The van der Waals surface area contributed by atoms with Gasteiger partial charge in [0.25, 0.3) is 11.8 Å². The molecule has 2 aliphatic heterocycles. The number of nitrogens with zero attached hydrogens (tertiary/aromatic N) is 3. The first-order chi connectivity index (χ1) is 30.9. The van der Waals surface area contributed by atoms with Crippen LogP contribution in [0.5, 0.6) is 0 Å². The van der Waals surface area contributed by atoms with Gasteiger partial charge in [0, 0.05) is 75.4 Å². The topological polar surface area (TPSA) is 67.7 Å². The lowest BCUT2D eigenvalue weighted by Crippen LogP contribution is -2.27. The van der Waals surface area contributed by atoms with E-state index in [0.29, 0.717) is 11.1 Å². The number of anilines is 5. The second-order valence-electron chi connectivity index (χ2n) is 17.8. The minimum absolute atomic E-state index is 0.125. The zero-order valence-electron chi connectivity index (χ0n) is 37.4. The molecule has 2 amide bonds. The number of fused-ring (bicyclic) bond motifs is 2. The van der Waals surface area contributed by atoms with Gasteiger partial charge in [-0.25, -0.2) is 0 Å². The van der Waals surface area contributed by atoms with Gasteiger partial charge in [-0.1, -0.05) is 98.8 Å². The summed E-state index contributed by atoms with van der Waals surface area (Å²) in [5.74, 6) is -0.249. The van der Waals surface area contributed by atoms with E-state index in [1.807, 2.05) is 84.9 Å². The van der Waals surface area contributed by atoms with Crippen molar-refractivity contribution in [1.29, 1.82) is 0 Å². The number of hydrogen-bond donors (Lipinski definition) is 2. The van der Waals surface area contributed by atoms with Gasteiger partial charge in [-0.05, 0) is 128 Å². The minimum Gasteiger partial charge on any atom is -0.347 e. The van der Waals surface area contributed by atoms with Crippen molar-refractivity contribution in [2.45, 2.75) is 51.4 Å². The second kappa shape index (κ2) is 17.0. The van der Waals surface area contributed by atoms with Crippen molar-refractivity contribution in [3.05, 3.63) is 227 Å². The molecule has 6 aromatic carbocycles. The Morgan fingerprint density at radius 3 is 1.69 bits per heavy atom. The summed E-state index contributed by atoms with van der Waals surface area (Å²) in [5.41, 5.74) is 14.6. The SMILES string of the molecule is CN1/C(=C/C=C2\CCC(/C=C/C3=[N+](C)c4ccc(C(=O)Nc5ccccc5)cc4C3(C)C)=C2N(c2ccccc2)c2ccccc2)C(C)(C)c2cc(C(=O)Nc3ccccc3)ccc21. The van der Waals surface area contributed by atoms with E-state index >= 15 is 0 Å². The maximum Gasteiger partial charge on any atom is 0.255 e. The normalized spacial score (nSPS) is 17.3. The molecule has 9 rings (SSSR count). The maximum absolute atomic E-state index is 13.4. The quantitative estimate of drug-likeness (QED) is 0.135. The molecule has 7 nitrogen and oxygen atoms in total. The number of para-hydroxylation sites is 4. The van der Waals surface area contributed by atoms with E-state index < -0.39 is 0 Å². The number of hydrogen-bond acceptors (Lipinski definition) is 4. The van der Waals surface area contributed by atoms with E-state index in [1.165, 1.54) is 11.1 Å². The summed E-state index contributed by atoms with van der Waals surface area (Å²) in [5, 5.41) is 6.10. The summed E-state index contributed by atoms with van der Waals surface area (Å²) in [7, 11) is 4.24. The highest BCUT2D eigenvalue weighted by Gasteiger charge is 2.44. The molecule has 318 valence electrons. The summed E-state index contributed by atoms with van der Waals surface area (Å²) in [4.78, 5) is 31.5. The Kier molecular flexibility index (Phi) is 11.1. The van der Waals surface area contributed by atoms with Crippen LogP contribution in [0.4, 0.5) is 34.1 Å². The molecule has 0 radical (unpaired) electrons. The Balaban J connectivity index is 1.08. The molecule has 64 heavy (non-hydrogen) atoms. The number of benzene rings is 6. The largest absolute Gasteiger partial charge is 0.347 e. The smallest absolute Gasteiger partial charge is 0.255 e. The summed E-state index contributed by atoms with van der Waals surface area (Å²) in [6, 6.07) is 52.5. The fourth-order valence-corrected chi connectivity index (χ4v) is 9.65. The average Bonchev–Trinajstić information content (AvgIpc) is 3.86. The van der Waals surface area contributed by atoms with Gasteiger partial charge in [0.2, 0.25) is 5.69 Å². The Labute approximate surface area is 377 Å². The van der Waals surface area contributed by atoms with Crippen LogP contribution in [-0.2, 0) is 10.8 Å². The molecule has 7 heteroatoms. The summed E-state index contributed by atoms with van der Waals surface area (Å²) in [6.45, 7) is 8.97. The lowest BCUT2D eigenvalue weighted by atomic mass is 9.80. The molecule has 0 spiro atoms. The number of nitrogens with one attached hydrogen (secondary N) is 2. The van der Waals surface area contributed by atoms with Gasteiger partial charge < -0.3 is 20.4 Å². The second-order valence-corrected chi connectivity index (χ2v) is 17.8. The zero-order chi connectivity index (χ0) is 44.6. The van der Waals surface area contributed by atoms with Crippen molar-refractivity contribution in [2.75, 3.05) is 34.5 Å². The number of allylic oxidation sites excluding steroid dienone is 7. The molecule has 0 fully saturated rings. The first-order valence-electron chi connectivity index (χ1n) is 22.0. The minimum atomic E-state index is -0.361. The van der Waals surface area contributed by atoms with Gasteiger partial charge >= 0.3 is 0 Å². The van der Waals surface area contributed by atoms with Gasteiger partial charge in [-0.2, -0.15) is 4.58 Å². The van der Waals surface area contributed by atoms with Gasteiger partial charge in [-0.3, -0.25) is 9.59 Å². The van der Waals surface area contributed by atoms with Gasteiger partial charge in [0.05, 0.1) is 11.1 Å². The zero-order valence-corrected chi connectivity index (χ0v) is 37.4. The van der Waals surface area contributed by atoms with E-state index in [1.54, 1.807) is 0 Å². The highest BCUT2D eigenvalue weighted by Crippen LogP contribution is 2.48. The molecular formula is C57H54N5O2+. The van der Waals surface area contributed by atoms with Crippen LogP contribution in [0.2, 0.25) is 0 Å². The summed E-state index contributed by atoms with van der Waals surface area (Å²) in [6.07, 6.45) is 10.9. The molecule has 2 heterocycles. The van der Waals surface area contributed by atoms with Crippen LogP contribution < -0.4 is 20.4 Å². The Morgan fingerprint density at radius 2 is 1.12 bits per heavy atom. The molecule has 6 aromatic rings. The highest BCUT2D eigenvalue weighted by atomic mass is 16.2. The molecule has 3 aliphatic rings. The Bertz CT molecular complexity index is 2890. The van der Waals surface area contributed by atoms with Crippen LogP contribution in [0.15, 0.2) is 205 Å². The van der Waals surface area contributed by atoms with E-state index in [4.69, 9.17) is 0 Å². The molecule has 0 saturated carbocycles. The van der Waals surface area contributed by atoms with Crippen molar-refractivity contribution < 1.29 is 14.2 Å². The predicted molar refractivity (Wildman–Crippen MR) is 264 cm³/mol. The number of rotatable bonds is 10. The molecule has 1 aliphatic carbocycles. The van der Waals surface area contributed by atoms with E-state index in [-0.39, 0.29) is 22.6 Å². The molecule has 0 atom stereocenters. The van der Waals surface area contributed by atoms with E-state index in [2.05, 4.69) is 164 Å². The maximum atomic E-state index is 13.4. The monoisotopic (exact) mass is 840 g/mol. The van der Waals surface area contributed by atoms with Crippen LogP contribution in [0.1, 0.15) is 72.4 Å². The van der Waals surface area contributed by atoms with Crippen LogP contribution in [-0.4, -0.2) is 36.2 Å². The van der Waals surface area contributed by atoms with Crippen molar-refractivity contribution in [3.8, 4) is 0 Å². The molecule has 0 unspecified atom stereocenters. The third-order valence-electron chi connectivity index (χ3n) is 13.1. The lowest BCUT2D eigenvalue weighted by Gasteiger charge is -2.29. The lowest BCUT2D eigenvalue weighted by molar-refractivity contribution is -0.401. The molecule has 2 N–H and O–H groups in total. The molecular weight excluding hydrogens is 787 g/mol.